The molecule has 21 heavy (non-hydrogen) atoms. The number of aromatic nitrogens is 2. The Balaban J connectivity index is 1.89. The lowest BCUT2D eigenvalue weighted by Crippen LogP contribution is -2.52. The molecule has 1 aliphatic heterocycles. The molecule has 0 amide bonds. The number of hydrogen-bond acceptors (Lipinski definition) is 4. The predicted octanol–water partition coefficient (Wildman–Crippen LogP) is 1.11. The van der Waals surface area contributed by atoms with Crippen molar-refractivity contribution in [2.75, 3.05) is 6.54 Å². The van der Waals surface area contributed by atoms with Gasteiger partial charge in [0.05, 0.1) is 0 Å². The molecule has 2 heterocycles. The van der Waals surface area contributed by atoms with Gasteiger partial charge in [-0.15, -0.1) is 0 Å². The van der Waals surface area contributed by atoms with Crippen LogP contribution in [0.2, 0.25) is 0 Å². The van der Waals surface area contributed by atoms with Crippen LogP contribution in [0.4, 0.5) is 0 Å². The van der Waals surface area contributed by atoms with Gasteiger partial charge in [-0.2, -0.15) is 0 Å². The zero-order valence-electron chi connectivity index (χ0n) is 12.9. The Morgan fingerprint density at radius 3 is 2.90 bits per heavy atom. The Bertz CT molecular complexity index is 625. The Kier molecular flexibility index (Phi) is 3.62. The molecule has 7 heteroatoms. The summed E-state index contributed by atoms with van der Waals surface area (Å²) in [5.41, 5.74) is -0.311. The number of fused-ring (bicyclic) bond motifs is 1. The monoisotopic (exact) mass is 312 g/mol. The molecule has 2 fully saturated rings. The van der Waals surface area contributed by atoms with Crippen molar-refractivity contribution >= 4 is 10.0 Å². The standard InChI is InChI=1S/C14H24N4O2S/c1-10(2)13-16-12(9-18(13)3)21(19,20)17-14-6-4-5-11(14)15-8-7-14/h9-11,15,17H,4-8H2,1-3H3. The van der Waals surface area contributed by atoms with Crippen LogP contribution >= 0.6 is 0 Å². The summed E-state index contributed by atoms with van der Waals surface area (Å²) < 4.78 is 30.2. The lowest BCUT2D eigenvalue weighted by Gasteiger charge is -2.29. The second-order valence-corrected chi connectivity index (χ2v) is 8.24. The molecular weight excluding hydrogens is 288 g/mol. The molecule has 2 N–H and O–H groups in total. The number of nitrogens with zero attached hydrogens (tertiary/aromatic N) is 2. The van der Waals surface area contributed by atoms with Crippen molar-refractivity contribution in [2.24, 2.45) is 7.05 Å². The van der Waals surface area contributed by atoms with Gasteiger partial charge in [0.1, 0.15) is 5.82 Å². The molecule has 0 spiro atoms. The average Bonchev–Trinajstić information content (AvgIpc) is 3.01. The van der Waals surface area contributed by atoms with E-state index in [1.54, 1.807) is 10.8 Å². The van der Waals surface area contributed by atoms with Crippen LogP contribution in [0.25, 0.3) is 0 Å². The first-order chi connectivity index (χ1) is 9.84. The van der Waals surface area contributed by atoms with Crippen LogP contribution in [0, 0.1) is 0 Å². The second kappa shape index (κ2) is 5.07. The van der Waals surface area contributed by atoms with Crippen molar-refractivity contribution in [3.05, 3.63) is 12.0 Å². The van der Waals surface area contributed by atoms with Gasteiger partial charge in [0.15, 0.2) is 5.03 Å². The molecule has 0 bridgehead atoms. The van der Waals surface area contributed by atoms with Crippen LogP contribution in [0.5, 0.6) is 0 Å². The summed E-state index contributed by atoms with van der Waals surface area (Å²) in [6.07, 6.45) is 5.50. The molecule has 0 radical (unpaired) electrons. The first-order valence-electron chi connectivity index (χ1n) is 7.65. The minimum absolute atomic E-state index is 0.139. The number of sulfonamides is 1. The van der Waals surface area contributed by atoms with Gasteiger partial charge < -0.3 is 9.88 Å². The van der Waals surface area contributed by atoms with Gasteiger partial charge >= 0.3 is 0 Å². The number of aryl methyl sites for hydroxylation is 1. The van der Waals surface area contributed by atoms with E-state index >= 15 is 0 Å². The van der Waals surface area contributed by atoms with Crippen LogP contribution in [0.3, 0.4) is 0 Å². The fraction of sp³-hybridized carbons (Fsp3) is 0.786. The maximum Gasteiger partial charge on any atom is 0.260 e. The number of rotatable bonds is 4. The van der Waals surface area contributed by atoms with Crippen molar-refractivity contribution < 1.29 is 8.42 Å². The second-order valence-electron chi connectivity index (χ2n) is 6.61. The van der Waals surface area contributed by atoms with Crippen molar-refractivity contribution in [3.8, 4) is 0 Å². The molecule has 1 aromatic rings. The van der Waals surface area contributed by atoms with Crippen molar-refractivity contribution in [1.82, 2.24) is 19.6 Å². The fourth-order valence-corrected chi connectivity index (χ4v) is 5.25. The summed E-state index contributed by atoms with van der Waals surface area (Å²) >= 11 is 0. The van der Waals surface area contributed by atoms with E-state index < -0.39 is 10.0 Å². The van der Waals surface area contributed by atoms with Crippen molar-refractivity contribution in [2.45, 2.75) is 62.1 Å². The van der Waals surface area contributed by atoms with Crippen LogP contribution in [0.15, 0.2) is 11.2 Å². The molecule has 3 rings (SSSR count). The highest BCUT2D eigenvalue weighted by molar-refractivity contribution is 7.89. The van der Waals surface area contributed by atoms with Crippen molar-refractivity contribution in [3.63, 3.8) is 0 Å². The van der Waals surface area contributed by atoms with Gasteiger partial charge in [-0.25, -0.2) is 18.1 Å². The lowest BCUT2D eigenvalue weighted by molar-refractivity contribution is 0.375. The van der Waals surface area contributed by atoms with Gasteiger partial charge in [-0.3, -0.25) is 0 Å². The van der Waals surface area contributed by atoms with Gasteiger partial charge in [0.25, 0.3) is 10.0 Å². The normalized spacial score (nSPS) is 29.2. The van der Waals surface area contributed by atoms with E-state index in [0.717, 1.165) is 38.1 Å². The topological polar surface area (TPSA) is 76.0 Å². The molecule has 1 aliphatic carbocycles. The molecule has 1 saturated carbocycles. The zero-order valence-corrected chi connectivity index (χ0v) is 13.7. The van der Waals surface area contributed by atoms with Crippen molar-refractivity contribution in [1.29, 1.82) is 0 Å². The molecule has 2 unspecified atom stereocenters. The zero-order chi connectivity index (χ0) is 15.3. The SMILES string of the molecule is CC(C)c1nc(S(=O)(=O)NC23CCCC2NCC3)cn1C. The minimum Gasteiger partial charge on any atom is -0.336 e. The number of nitrogens with one attached hydrogen (secondary N) is 2. The first-order valence-corrected chi connectivity index (χ1v) is 9.13. The summed E-state index contributed by atoms with van der Waals surface area (Å²) in [5, 5.41) is 3.56. The molecule has 2 atom stereocenters. The summed E-state index contributed by atoms with van der Waals surface area (Å²) in [6.45, 7) is 4.91. The van der Waals surface area contributed by atoms with Gasteiger partial charge in [0, 0.05) is 30.7 Å². The maximum absolute atomic E-state index is 12.7. The Hall–Kier alpha value is -0.920. The average molecular weight is 312 g/mol. The van der Waals surface area contributed by atoms with E-state index in [0.29, 0.717) is 0 Å². The third-order valence-corrected chi connectivity index (χ3v) is 6.19. The predicted molar refractivity (Wildman–Crippen MR) is 80.6 cm³/mol. The molecule has 2 aliphatic rings. The molecule has 1 aromatic heterocycles. The number of imidazole rings is 1. The van der Waals surface area contributed by atoms with Crippen LogP contribution < -0.4 is 10.0 Å². The smallest absolute Gasteiger partial charge is 0.260 e. The third-order valence-electron chi connectivity index (χ3n) is 4.76. The van der Waals surface area contributed by atoms with E-state index in [2.05, 4.69) is 15.0 Å². The Morgan fingerprint density at radius 2 is 2.24 bits per heavy atom. The quantitative estimate of drug-likeness (QED) is 0.873. The molecule has 118 valence electrons. The fourth-order valence-electron chi connectivity index (χ4n) is 3.75. The highest BCUT2D eigenvalue weighted by Crippen LogP contribution is 2.37. The number of hydrogen-bond donors (Lipinski definition) is 2. The summed E-state index contributed by atoms with van der Waals surface area (Å²) in [5.74, 6) is 0.991. The first kappa shape index (κ1) is 15.0. The van der Waals surface area contributed by atoms with Crippen LogP contribution in [-0.4, -0.2) is 36.1 Å². The molecule has 0 aromatic carbocycles. The van der Waals surface area contributed by atoms with Crippen LogP contribution in [-0.2, 0) is 17.1 Å². The van der Waals surface area contributed by atoms with E-state index in [1.165, 1.54) is 0 Å². The van der Waals surface area contributed by atoms with Crippen LogP contribution in [0.1, 0.15) is 51.3 Å². The Labute approximate surface area is 126 Å². The molecule has 6 nitrogen and oxygen atoms in total. The third kappa shape index (κ3) is 2.51. The largest absolute Gasteiger partial charge is 0.336 e. The maximum atomic E-state index is 12.7. The minimum atomic E-state index is -3.56. The summed E-state index contributed by atoms with van der Waals surface area (Å²) in [4.78, 5) is 4.33. The van der Waals surface area contributed by atoms with E-state index in [-0.39, 0.29) is 22.5 Å². The van der Waals surface area contributed by atoms with E-state index in [9.17, 15) is 8.42 Å². The molecular formula is C14H24N4O2S. The lowest BCUT2D eigenvalue weighted by atomic mass is 9.95. The highest BCUT2D eigenvalue weighted by atomic mass is 32.2. The van der Waals surface area contributed by atoms with Gasteiger partial charge in [0.2, 0.25) is 0 Å². The highest BCUT2D eigenvalue weighted by Gasteiger charge is 2.48. The summed E-state index contributed by atoms with van der Waals surface area (Å²) in [6, 6.07) is 0.264. The Morgan fingerprint density at radius 1 is 1.48 bits per heavy atom. The summed E-state index contributed by atoms with van der Waals surface area (Å²) in [7, 11) is -1.72. The van der Waals surface area contributed by atoms with Gasteiger partial charge in [-0.1, -0.05) is 13.8 Å². The van der Waals surface area contributed by atoms with E-state index in [4.69, 9.17) is 0 Å². The van der Waals surface area contributed by atoms with E-state index in [1.807, 2.05) is 20.9 Å². The molecule has 1 saturated heterocycles. The van der Waals surface area contributed by atoms with Gasteiger partial charge in [-0.05, 0) is 32.2 Å².